The summed E-state index contributed by atoms with van der Waals surface area (Å²) in [5, 5.41) is 18.5. The molecule has 0 saturated heterocycles. The van der Waals surface area contributed by atoms with E-state index < -0.39 is 6.29 Å². The highest BCUT2D eigenvalue weighted by molar-refractivity contribution is 5.67. The Morgan fingerprint density at radius 2 is 2.25 bits per heavy atom. The normalized spacial score (nSPS) is 21.6. The molecule has 2 N–H and O–H groups in total. The van der Waals surface area contributed by atoms with Gasteiger partial charge in [-0.25, -0.2) is 0 Å². The summed E-state index contributed by atoms with van der Waals surface area (Å²) in [6.07, 6.45) is 1.61. The van der Waals surface area contributed by atoms with Crippen LogP contribution in [-0.2, 0) is 6.42 Å². The van der Waals surface area contributed by atoms with Gasteiger partial charge in [0.25, 0.3) is 0 Å². The largest absolute Gasteiger partial charge is 0.488 e. The second-order valence-corrected chi connectivity index (χ2v) is 3.99. The molecule has 4 heteroatoms. The Labute approximate surface area is 92.7 Å². The number of rotatable bonds is 1. The average molecular weight is 220 g/mol. The maximum atomic E-state index is 9.42. The third kappa shape index (κ3) is 1.38. The first-order valence-electron chi connectivity index (χ1n) is 5.21. The van der Waals surface area contributed by atoms with Gasteiger partial charge in [-0.3, -0.25) is 0 Å². The lowest BCUT2D eigenvalue weighted by Gasteiger charge is -2.18. The van der Waals surface area contributed by atoms with E-state index in [2.05, 4.69) is 0 Å². The summed E-state index contributed by atoms with van der Waals surface area (Å²) in [4.78, 5) is 0. The van der Waals surface area contributed by atoms with Crippen molar-refractivity contribution in [2.24, 2.45) is 0 Å². The molecule has 0 fully saturated rings. The lowest BCUT2D eigenvalue weighted by molar-refractivity contribution is 0.00208. The number of aliphatic hydroxyl groups excluding tert-OH is 2. The molecule has 4 nitrogen and oxygen atoms in total. The SMILES string of the molecule is OCC1=Cc2ccc3c(c2OC1)CC(O)O3. The molecule has 2 aliphatic heterocycles. The van der Waals surface area contributed by atoms with Crippen LogP contribution >= 0.6 is 0 Å². The molecule has 2 aliphatic rings. The Bertz CT molecular complexity index is 464. The van der Waals surface area contributed by atoms with Crippen molar-refractivity contribution in [2.75, 3.05) is 13.2 Å². The molecule has 0 radical (unpaired) electrons. The van der Waals surface area contributed by atoms with Gasteiger partial charge in [0, 0.05) is 17.5 Å². The van der Waals surface area contributed by atoms with E-state index in [9.17, 15) is 5.11 Å². The third-order valence-electron chi connectivity index (χ3n) is 2.85. The molecule has 0 aromatic heterocycles. The molecule has 0 spiro atoms. The van der Waals surface area contributed by atoms with Crippen LogP contribution in [0.25, 0.3) is 6.08 Å². The first-order valence-corrected chi connectivity index (χ1v) is 5.21. The van der Waals surface area contributed by atoms with Crippen LogP contribution in [0.15, 0.2) is 17.7 Å². The summed E-state index contributed by atoms with van der Waals surface area (Å²) < 4.78 is 10.8. The molecule has 1 unspecified atom stereocenters. The smallest absolute Gasteiger partial charge is 0.201 e. The molecular formula is C12H12O4. The number of hydrogen-bond acceptors (Lipinski definition) is 4. The van der Waals surface area contributed by atoms with Crippen LogP contribution in [0.4, 0.5) is 0 Å². The van der Waals surface area contributed by atoms with Gasteiger partial charge in [-0.2, -0.15) is 0 Å². The van der Waals surface area contributed by atoms with Crippen LogP contribution in [-0.4, -0.2) is 29.7 Å². The molecule has 1 aromatic rings. The monoisotopic (exact) mass is 220 g/mol. The highest BCUT2D eigenvalue weighted by Gasteiger charge is 2.27. The summed E-state index contributed by atoms with van der Waals surface area (Å²) in [5.74, 6) is 1.46. The average Bonchev–Trinajstić information content (AvgIpc) is 2.69. The topological polar surface area (TPSA) is 58.9 Å². The maximum absolute atomic E-state index is 9.42. The number of ether oxygens (including phenoxy) is 2. The van der Waals surface area contributed by atoms with E-state index in [0.717, 1.165) is 22.4 Å². The van der Waals surface area contributed by atoms with Gasteiger partial charge >= 0.3 is 0 Å². The molecular weight excluding hydrogens is 208 g/mol. The highest BCUT2D eigenvalue weighted by Crippen LogP contribution is 2.40. The standard InChI is InChI=1S/C12H12O4/c13-5-7-3-8-1-2-10-9(4-11(14)16-10)12(8)15-6-7/h1-3,11,13-14H,4-6H2. The van der Waals surface area contributed by atoms with Crippen molar-refractivity contribution in [3.8, 4) is 11.5 Å². The van der Waals surface area contributed by atoms with Crippen LogP contribution in [0.5, 0.6) is 11.5 Å². The highest BCUT2D eigenvalue weighted by atomic mass is 16.6. The maximum Gasteiger partial charge on any atom is 0.201 e. The number of fused-ring (bicyclic) bond motifs is 3. The first kappa shape index (κ1) is 9.69. The van der Waals surface area contributed by atoms with Crippen LogP contribution in [0.3, 0.4) is 0 Å². The second-order valence-electron chi connectivity index (χ2n) is 3.99. The Kier molecular flexibility index (Phi) is 2.12. The van der Waals surface area contributed by atoms with Gasteiger partial charge in [0.05, 0.1) is 6.61 Å². The van der Waals surface area contributed by atoms with Gasteiger partial charge in [0.2, 0.25) is 6.29 Å². The molecule has 1 aromatic carbocycles. The molecule has 1 atom stereocenters. The molecule has 0 saturated carbocycles. The van der Waals surface area contributed by atoms with Gasteiger partial charge in [-0.15, -0.1) is 0 Å². The quantitative estimate of drug-likeness (QED) is 0.731. The van der Waals surface area contributed by atoms with E-state index >= 15 is 0 Å². The van der Waals surface area contributed by atoms with E-state index in [1.165, 1.54) is 0 Å². The minimum atomic E-state index is -0.770. The van der Waals surface area contributed by atoms with Gasteiger partial charge in [-0.05, 0) is 23.8 Å². The Balaban J connectivity index is 2.08. The molecule has 16 heavy (non-hydrogen) atoms. The number of aliphatic hydroxyl groups is 2. The van der Waals surface area contributed by atoms with E-state index in [1.54, 1.807) is 0 Å². The predicted octanol–water partition coefficient (Wildman–Crippen LogP) is 0.708. The zero-order valence-electron chi connectivity index (χ0n) is 8.64. The van der Waals surface area contributed by atoms with Gasteiger partial charge in [-0.1, -0.05) is 0 Å². The number of benzene rings is 1. The summed E-state index contributed by atoms with van der Waals surface area (Å²) in [6.45, 7) is 0.408. The predicted molar refractivity (Wildman–Crippen MR) is 57.3 cm³/mol. The van der Waals surface area contributed by atoms with Crippen molar-refractivity contribution >= 4 is 6.08 Å². The second kappa shape index (κ2) is 3.50. The molecule has 0 aliphatic carbocycles. The zero-order chi connectivity index (χ0) is 11.1. The summed E-state index contributed by atoms with van der Waals surface area (Å²) in [6, 6.07) is 3.70. The fourth-order valence-electron chi connectivity index (χ4n) is 2.10. The lowest BCUT2D eigenvalue weighted by atomic mass is 10.0. The summed E-state index contributed by atoms with van der Waals surface area (Å²) >= 11 is 0. The van der Waals surface area contributed by atoms with E-state index in [-0.39, 0.29) is 6.61 Å². The van der Waals surface area contributed by atoms with Crippen LogP contribution in [0.2, 0.25) is 0 Å². The van der Waals surface area contributed by atoms with E-state index in [4.69, 9.17) is 14.6 Å². The summed E-state index contributed by atoms with van der Waals surface area (Å²) in [5.41, 5.74) is 2.71. The zero-order valence-corrected chi connectivity index (χ0v) is 8.64. The van der Waals surface area contributed by atoms with Crippen LogP contribution in [0.1, 0.15) is 11.1 Å². The lowest BCUT2D eigenvalue weighted by Crippen LogP contribution is -2.12. The van der Waals surface area contributed by atoms with Gasteiger partial charge < -0.3 is 19.7 Å². The molecule has 0 amide bonds. The van der Waals surface area contributed by atoms with E-state index in [1.807, 2.05) is 18.2 Å². The van der Waals surface area contributed by atoms with Gasteiger partial charge in [0.15, 0.2) is 0 Å². The Hall–Kier alpha value is -1.52. The first-order chi connectivity index (χ1) is 7.78. The Morgan fingerprint density at radius 3 is 3.06 bits per heavy atom. The Morgan fingerprint density at radius 1 is 1.38 bits per heavy atom. The van der Waals surface area contributed by atoms with Crippen molar-refractivity contribution in [3.05, 3.63) is 28.8 Å². The molecule has 2 heterocycles. The van der Waals surface area contributed by atoms with Crippen molar-refractivity contribution < 1.29 is 19.7 Å². The van der Waals surface area contributed by atoms with Crippen LogP contribution in [0, 0.1) is 0 Å². The minimum Gasteiger partial charge on any atom is -0.488 e. The third-order valence-corrected chi connectivity index (χ3v) is 2.85. The minimum absolute atomic E-state index is 0.00957. The van der Waals surface area contributed by atoms with Gasteiger partial charge in [0.1, 0.15) is 18.1 Å². The van der Waals surface area contributed by atoms with Crippen LogP contribution < -0.4 is 9.47 Å². The fourth-order valence-corrected chi connectivity index (χ4v) is 2.10. The molecule has 0 bridgehead atoms. The molecule has 84 valence electrons. The van der Waals surface area contributed by atoms with Crippen molar-refractivity contribution in [1.29, 1.82) is 0 Å². The number of hydrogen-bond donors (Lipinski definition) is 2. The van der Waals surface area contributed by atoms with Crippen molar-refractivity contribution in [1.82, 2.24) is 0 Å². The fraction of sp³-hybridized carbons (Fsp3) is 0.333. The molecule has 3 rings (SSSR count). The summed E-state index contributed by atoms with van der Waals surface area (Å²) in [7, 11) is 0. The van der Waals surface area contributed by atoms with E-state index in [0.29, 0.717) is 18.8 Å². The van der Waals surface area contributed by atoms with Crippen molar-refractivity contribution in [2.45, 2.75) is 12.7 Å². The van der Waals surface area contributed by atoms with Crippen molar-refractivity contribution in [3.63, 3.8) is 0 Å².